The number of carbonyl (C=O) groups is 1. The molecule has 3 nitrogen and oxygen atoms in total. The summed E-state index contributed by atoms with van der Waals surface area (Å²) in [5.74, 6) is 0.375. The minimum Gasteiger partial charge on any atom is -0.493 e. The van der Waals surface area contributed by atoms with Gasteiger partial charge in [-0.2, -0.15) is 0 Å². The van der Waals surface area contributed by atoms with Gasteiger partial charge in [-0.1, -0.05) is 18.2 Å². The lowest BCUT2D eigenvalue weighted by Crippen LogP contribution is -2.27. The molecule has 0 amide bonds. The molecule has 1 aromatic carbocycles. The third-order valence-corrected chi connectivity index (χ3v) is 2.97. The molecule has 18 heavy (non-hydrogen) atoms. The van der Waals surface area contributed by atoms with Crippen LogP contribution < -0.4 is 4.74 Å². The fourth-order valence-corrected chi connectivity index (χ4v) is 2.10. The van der Waals surface area contributed by atoms with Crippen LogP contribution in [0.25, 0.3) is 0 Å². The standard InChI is InChI=1S/C15H20O3/c1-10(14(16)18-15(2,3)4)12-7-5-6-11-8-9-17-13(11)12/h5-7,10H,8-9H2,1-4H3. The van der Waals surface area contributed by atoms with E-state index in [4.69, 9.17) is 9.47 Å². The van der Waals surface area contributed by atoms with Crippen molar-refractivity contribution in [2.24, 2.45) is 0 Å². The van der Waals surface area contributed by atoms with E-state index in [1.165, 1.54) is 5.56 Å². The highest BCUT2D eigenvalue weighted by molar-refractivity contribution is 5.79. The van der Waals surface area contributed by atoms with Gasteiger partial charge in [0.15, 0.2) is 0 Å². The molecular weight excluding hydrogens is 228 g/mol. The number of hydrogen-bond acceptors (Lipinski definition) is 3. The van der Waals surface area contributed by atoms with Crippen LogP contribution in [0.5, 0.6) is 5.75 Å². The Morgan fingerprint density at radius 1 is 1.39 bits per heavy atom. The minimum atomic E-state index is -0.454. The van der Waals surface area contributed by atoms with E-state index in [0.717, 1.165) is 17.7 Å². The highest BCUT2D eigenvalue weighted by atomic mass is 16.6. The third kappa shape index (κ3) is 2.66. The Balaban J connectivity index is 2.22. The van der Waals surface area contributed by atoms with Gasteiger partial charge in [-0.05, 0) is 33.3 Å². The lowest BCUT2D eigenvalue weighted by Gasteiger charge is -2.23. The van der Waals surface area contributed by atoms with Crippen molar-refractivity contribution >= 4 is 5.97 Å². The van der Waals surface area contributed by atoms with Gasteiger partial charge < -0.3 is 9.47 Å². The summed E-state index contributed by atoms with van der Waals surface area (Å²) in [6.07, 6.45) is 0.921. The van der Waals surface area contributed by atoms with Crippen molar-refractivity contribution in [2.75, 3.05) is 6.61 Å². The van der Waals surface area contributed by atoms with Crippen LogP contribution in [0, 0.1) is 0 Å². The second-order valence-corrected chi connectivity index (χ2v) is 5.69. The number of fused-ring (bicyclic) bond motifs is 1. The minimum absolute atomic E-state index is 0.202. The Bertz CT molecular complexity index is 457. The van der Waals surface area contributed by atoms with Gasteiger partial charge in [0.2, 0.25) is 0 Å². The summed E-state index contributed by atoms with van der Waals surface area (Å²) < 4.78 is 11.0. The molecule has 98 valence electrons. The molecule has 0 radical (unpaired) electrons. The van der Waals surface area contributed by atoms with Gasteiger partial charge in [-0.25, -0.2) is 0 Å². The van der Waals surface area contributed by atoms with E-state index in [9.17, 15) is 4.79 Å². The fraction of sp³-hybridized carbons (Fsp3) is 0.533. The zero-order valence-corrected chi connectivity index (χ0v) is 11.4. The van der Waals surface area contributed by atoms with Crippen LogP contribution >= 0.6 is 0 Å². The average Bonchev–Trinajstić information content (AvgIpc) is 2.73. The number of ether oxygens (including phenoxy) is 2. The van der Waals surface area contributed by atoms with E-state index >= 15 is 0 Å². The van der Waals surface area contributed by atoms with Crippen LogP contribution in [0.4, 0.5) is 0 Å². The Labute approximate surface area is 108 Å². The van der Waals surface area contributed by atoms with E-state index in [2.05, 4.69) is 0 Å². The van der Waals surface area contributed by atoms with Crippen LogP contribution in [0.15, 0.2) is 18.2 Å². The van der Waals surface area contributed by atoms with Gasteiger partial charge in [-0.15, -0.1) is 0 Å². The summed E-state index contributed by atoms with van der Waals surface area (Å²) in [5, 5.41) is 0. The molecule has 1 aliphatic rings. The van der Waals surface area contributed by atoms with Crippen molar-refractivity contribution in [3.8, 4) is 5.75 Å². The normalized spacial score (nSPS) is 15.8. The van der Waals surface area contributed by atoms with Crippen molar-refractivity contribution in [3.63, 3.8) is 0 Å². The first-order valence-electron chi connectivity index (χ1n) is 6.36. The summed E-state index contributed by atoms with van der Waals surface area (Å²) in [5.41, 5.74) is 1.66. The second kappa shape index (κ2) is 4.63. The van der Waals surface area contributed by atoms with Crippen molar-refractivity contribution in [1.29, 1.82) is 0 Å². The molecule has 0 saturated carbocycles. The third-order valence-electron chi connectivity index (χ3n) is 2.97. The quantitative estimate of drug-likeness (QED) is 0.754. The summed E-state index contributed by atoms with van der Waals surface area (Å²) in [7, 11) is 0. The molecular formula is C15H20O3. The molecule has 0 aliphatic carbocycles. The molecule has 1 aliphatic heterocycles. The number of esters is 1. The van der Waals surface area contributed by atoms with Crippen molar-refractivity contribution in [3.05, 3.63) is 29.3 Å². The van der Waals surface area contributed by atoms with E-state index in [0.29, 0.717) is 6.61 Å². The predicted molar refractivity (Wildman–Crippen MR) is 69.9 cm³/mol. The molecule has 1 unspecified atom stereocenters. The molecule has 0 spiro atoms. The maximum Gasteiger partial charge on any atom is 0.313 e. The molecule has 1 aromatic rings. The first-order valence-corrected chi connectivity index (χ1v) is 6.36. The van der Waals surface area contributed by atoms with Crippen LogP contribution in [0.3, 0.4) is 0 Å². The van der Waals surface area contributed by atoms with E-state index in [-0.39, 0.29) is 11.9 Å². The van der Waals surface area contributed by atoms with Crippen LogP contribution in [-0.4, -0.2) is 18.2 Å². The Morgan fingerprint density at radius 3 is 2.78 bits per heavy atom. The number of rotatable bonds is 2. The molecule has 0 bridgehead atoms. The topological polar surface area (TPSA) is 35.5 Å². The highest BCUT2D eigenvalue weighted by Crippen LogP contribution is 2.35. The molecule has 1 heterocycles. The lowest BCUT2D eigenvalue weighted by atomic mass is 9.97. The van der Waals surface area contributed by atoms with Crippen LogP contribution in [0.1, 0.15) is 44.7 Å². The summed E-state index contributed by atoms with van der Waals surface area (Å²) >= 11 is 0. The zero-order chi connectivity index (χ0) is 13.3. The average molecular weight is 248 g/mol. The molecule has 1 atom stereocenters. The van der Waals surface area contributed by atoms with Crippen LogP contribution in [-0.2, 0) is 16.0 Å². The maximum atomic E-state index is 12.1. The first kappa shape index (κ1) is 12.9. The maximum absolute atomic E-state index is 12.1. The van der Waals surface area contributed by atoms with Gasteiger partial charge >= 0.3 is 5.97 Å². The monoisotopic (exact) mass is 248 g/mol. The smallest absolute Gasteiger partial charge is 0.313 e. The van der Waals surface area contributed by atoms with Crippen LogP contribution in [0.2, 0.25) is 0 Å². The number of benzene rings is 1. The van der Waals surface area contributed by atoms with Gasteiger partial charge in [-0.3, -0.25) is 4.79 Å². The Kier molecular flexibility index (Phi) is 3.33. The molecule has 0 aromatic heterocycles. The molecule has 3 heteroatoms. The van der Waals surface area contributed by atoms with Gasteiger partial charge in [0.25, 0.3) is 0 Å². The van der Waals surface area contributed by atoms with Gasteiger partial charge in [0.05, 0.1) is 12.5 Å². The molecule has 0 fully saturated rings. The van der Waals surface area contributed by atoms with Crippen molar-refractivity contribution < 1.29 is 14.3 Å². The Hall–Kier alpha value is -1.51. The van der Waals surface area contributed by atoms with E-state index in [1.807, 2.05) is 45.9 Å². The second-order valence-electron chi connectivity index (χ2n) is 5.69. The largest absolute Gasteiger partial charge is 0.493 e. The van der Waals surface area contributed by atoms with Gasteiger partial charge in [0.1, 0.15) is 11.4 Å². The molecule has 0 N–H and O–H groups in total. The zero-order valence-electron chi connectivity index (χ0n) is 11.4. The van der Waals surface area contributed by atoms with Gasteiger partial charge in [0, 0.05) is 12.0 Å². The summed E-state index contributed by atoms with van der Waals surface area (Å²) in [6, 6.07) is 5.97. The predicted octanol–water partition coefficient (Wildman–Crippen LogP) is 3.07. The highest BCUT2D eigenvalue weighted by Gasteiger charge is 2.27. The SMILES string of the molecule is CC(C(=O)OC(C)(C)C)c1cccc2c1OCC2. The summed E-state index contributed by atoms with van der Waals surface area (Å²) in [6.45, 7) is 8.20. The lowest BCUT2D eigenvalue weighted by molar-refractivity contribution is -0.156. The van der Waals surface area contributed by atoms with Crippen molar-refractivity contribution in [2.45, 2.75) is 45.6 Å². The molecule has 2 rings (SSSR count). The number of para-hydroxylation sites is 1. The Morgan fingerprint density at radius 2 is 2.11 bits per heavy atom. The number of hydrogen-bond donors (Lipinski definition) is 0. The molecule has 0 saturated heterocycles. The van der Waals surface area contributed by atoms with E-state index in [1.54, 1.807) is 0 Å². The fourth-order valence-electron chi connectivity index (χ4n) is 2.10. The number of carbonyl (C=O) groups excluding carboxylic acids is 1. The van der Waals surface area contributed by atoms with Crippen molar-refractivity contribution in [1.82, 2.24) is 0 Å². The van der Waals surface area contributed by atoms with E-state index < -0.39 is 5.60 Å². The first-order chi connectivity index (χ1) is 8.38. The summed E-state index contributed by atoms with van der Waals surface area (Å²) in [4.78, 5) is 12.1.